The molecule has 6 nitrogen and oxygen atoms in total. The number of aliphatic carboxylic acids is 1. The van der Waals surface area contributed by atoms with E-state index in [2.05, 4.69) is 36.5 Å². The molecule has 1 saturated carbocycles. The Balaban J connectivity index is 1.27. The molecule has 0 saturated heterocycles. The first-order valence-electron chi connectivity index (χ1n) is 13.3. The third kappa shape index (κ3) is 5.63. The molecular formula is C31H34N2O4. The molecule has 0 atom stereocenters. The van der Waals surface area contributed by atoms with Gasteiger partial charge in [0.2, 0.25) is 0 Å². The minimum Gasteiger partial charge on any atom is -0.490 e. The Labute approximate surface area is 218 Å². The molecule has 37 heavy (non-hydrogen) atoms. The number of nitrogens with zero attached hydrogens (tertiary/aromatic N) is 1. The van der Waals surface area contributed by atoms with E-state index in [-0.39, 0.29) is 12.5 Å². The first kappa shape index (κ1) is 24.9. The van der Waals surface area contributed by atoms with Gasteiger partial charge in [0.25, 0.3) is 0 Å². The number of rotatable bonds is 6. The van der Waals surface area contributed by atoms with Crippen molar-refractivity contribution in [2.45, 2.75) is 51.4 Å². The predicted octanol–water partition coefficient (Wildman–Crippen LogP) is 7.10. The molecule has 2 aliphatic rings. The molecule has 0 bridgehead atoms. The van der Waals surface area contributed by atoms with Crippen LogP contribution >= 0.6 is 0 Å². The monoisotopic (exact) mass is 498 g/mol. The highest BCUT2D eigenvalue weighted by Crippen LogP contribution is 2.39. The maximum absolute atomic E-state index is 13.1. The number of carbonyl (C=O) groups is 2. The highest BCUT2D eigenvalue weighted by molar-refractivity contribution is 6.03. The molecule has 0 radical (unpaired) electrons. The first-order valence-corrected chi connectivity index (χ1v) is 13.3. The molecule has 1 fully saturated rings. The van der Waals surface area contributed by atoms with E-state index in [0.717, 1.165) is 60.2 Å². The summed E-state index contributed by atoms with van der Waals surface area (Å²) in [6.45, 7) is 3.02. The lowest BCUT2D eigenvalue weighted by atomic mass is 9.77. The van der Waals surface area contributed by atoms with Crippen LogP contribution in [0.25, 0.3) is 11.1 Å². The molecule has 0 aromatic heterocycles. The number of amides is 2. The number of hydrogen-bond donors (Lipinski definition) is 2. The summed E-state index contributed by atoms with van der Waals surface area (Å²) in [7, 11) is 0. The van der Waals surface area contributed by atoms with Crippen LogP contribution in [0, 0.1) is 5.92 Å². The predicted molar refractivity (Wildman–Crippen MR) is 147 cm³/mol. The second kappa shape index (κ2) is 11.1. The molecule has 1 aliphatic heterocycles. The molecule has 5 rings (SSSR count). The lowest BCUT2D eigenvalue weighted by molar-refractivity contribution is -0.138. The molecular weight excluding hydrogens is 464 g/mol. The van der Waals surface area contributed by atoms with E-state index in [0.29, 0.717) is 30.7 Å². The van der Waals surface area contributed by atoms with E-state index < -0.39 is 5.97 Å². The SMILES string of the molecule is CCc1ccccc1NC(=O)N1CCOc2cc(-c3ccc([C@H]4CC[C@H](CC(=O)O)CC4)cc3)ccc21. The number of para-hydroxylation sites is 1. The largest absolute Gasteiger partial charge is 0.490 e. The number of carbonyl (C=O) groups excluding carboxylic acids is 1. The number of nitrogens with one attached hydrogen (secondary N) is 1. The van der Waals surface area contributed by atoms with Crippen molar-refractivity contribution in [3.8, 4) is 16.9 Å². The Morgan fingerprint density at radius 3 is 2.43 bits per heavy atom. The van der Waals surface area contributed by atoms with E-state index in [1.165, 1.54) is 5.56 Å². The van der Waals surface area contributed by atoms with Gasteiger partial charge in [-0.1, -0.05) is 55.5 Å². The summed E-state index contributed by atoms with van der Waals surface area (Å²) in [6, 6.07) is 22.4. The van der Waals surface area contributed by atoms with Crippen LogP contribution in [0.2, 0.25) is 0 Å². The number of ether oxygens (including phenoxy) is 1. The molecule has 1 heterocycles. The molecule has 2 amide bonds. The van der Waals surface area contributed by atoms with E-state index in [1.807, 2.05) is 42.5 Å². The lowest BCUT2D eigenvalue weighted by Crippen LogP contribution is -2.40. The van der Waals surface area contributed by atoms with E-state index >= 15 is 0 Å². The maximum atomic E-state index is 13.1. The Kier molecular flexibility index (Phi) is 7.45. The van der Waals surface area contributed by atoms with Gasteiger partial charge in [0.05, 0.1) is 12.2 Å². The number of urea groups is 1. The van der Waals surface area contributed by atoms with Crippen LogP contribution in [0.5, 0.6) is 5.75 Å². The second-order valence-electron chi connectivity index (χ2n) is 10.1. The van der Waals surface area contributed by atoms with Crippen molar-refractivity contribution in [1.29, 1.82) is 0 Å². The van der Waals surface area contributed by atoms with E-state index in [1.54, 1.807) is 4.90 Å². The fraction of sp³-hybridized carbons (Fsp3) is 0.355. The van der Waals surface area contributed by atoms with Gasteiger partial charge < -0.3 is 15.2 Å². The smallest absolute Gasteiger partial charge is 0.326 e. The summed E-state index contributed by atoms with van der Waals surface area (Å²) in [5.41, 5.74) is 6.20. The maximum Gasteiger partial charge on any atom is 0.326 e. The van der Waals surface area contributed by atoms with Crippen LogP contribution in [0.15, 0.2) is 66.7 Å². The molecule has 1 aliphatic carbocycles. The van der Waals surface area contributed by atoms with Crippen molar-refractivity contribution < 1.29 is 19.4 Å². The highest BCUT2D eigenvalue weighted by Gasteiger charge is 2.26. The van der Waals surface area contributed by atoms with Crippen LogP contribution in [-0.4, -0.2) is 30.3 Å². The van der Waals surface area contributed by atoms with Gasteiger partial charge in [-0.05, 0) is 84.4 Å². The van der Waals surface area contributed by atoms with Crippen molar-refractivity contribution in [2.24, 2.45) is 5.92 Å². The Morgan fingerprint density at radius 1 is 0.973 bits per heavy atom. The quantitative estimate of drug-likeness (QED) is 0.380. The summed E-state index contributed by atoms with van der Waals surface area (Å²) in [5.74, 6) is 0.832. The van der Waals surface area contributed by atoms with Gasteiger partial charge in [-0.3, -0.25) is 9.69 Å². The van der Waals surface area contributed by atoms with Gasteiger partial charge in [0.1, 0.15) is 12.4 Å². The number of carboxylic acid groups (broad SMARTS) is 1. The van der Waals surface area contributed by atoms with Crippen molar-refractivity contribution >= 4 is 23.4 Å². The van der Waals surface area contributed by atoms with Crippen molar-refractivity contribution in [3.63, 3.8) is 0 Å². The molecule has 3 aromatic rings. The Bertz CT molecular complexity index is 1260. The highest BCUT2D eigenvalue weighted by atomic mass is 16.5. The second-order valence-corrected chi connectivity index (χ2v) is 10.1. The first-order chi connectivity index (χ1) is 18.0. The number of benzene rings is 3. The van der Waals surface area contributed by atoms with Crippen molar-refractivity contribution in [3.05, 3.63) is 77.9 Å². The third-order valence-electron chi connectivity index (χ3n) is 7.73. The molecule has 192 valence electrons. The minimum atomic E-state index is -0.688. The molecule has 0 unspecified atom stereocenters. The van der Waals surface area contributed by atoms with Crippen LogP contribution in [0.1, 0.15) is 56.1 Å². The van der Waals surface area contributed by atoms with Gasteiger partial charge >= 0.3 is 12.0 Å². The Hall–Kier alpha value is -3.80. The van der Waals surface area contributed by atoms with E-state index in [9.17, 15) is 9.59 Å². The number of aryl methyl sites for hydroxylation is 1. The van der Waals surface area contributed by atoms with Gasteiger partial charge in [-0.15, -0.1) is 0 Å². The van der Waals surface area contributed by atoms with Crippen LogP contribution in [0.4, 0.5) is 16.2 Å². The van der Waals surface area contributed by atoms with E-state index in [4.69, 9.17) is 9.84 Å². The topological polar surface area (TPSA) is 78.9 Å². The lowest BCUT2D eigenvalue weighted by Gasteiger charge is -2.30. The number of fused-ring (bicyclic) bond motifs is 1. The van der Waals surface area contributed by atoms with Gasteiger partial charge in [0.15, 0.2) is 0 Å². The molecule has 2 N–H and O–H groups in total. The standard InChI is InChI=1S/C31H34N2O4/c1-2-22-5-3-4-6-27(22)32-31(36)33-17-18-37-29-20-26(15-16-28(29)33)25-13-11-24(12-14-25)23-9-7-21(8-10-23)19-30(34)35/h3-6,11-16,20-21,23H,2,7-10,17-19H2,1H3,(H,32,36)(H,34,35)/t21-,23-. The summed E-state index contributed by atoms with van der Waals surface area (Å²) >= 11 is 0. The fourth-order valence-corrected chi connectivity index (χ4v) is 5.64. The normalized spacial score (nSPS) is 19.0. The summed E-state index contributed by atoms with van der Waals surface area (Å²) in [4.78, 5) is 25.9. The molecule has 3 aromatic carbocycles. The van der Waals surface area contributed by atoms with Crippen LogP contribution in [0.3, 0.4) is 0 Å². The van der Waals surface area contributed by atoms with Gasteiger partial charge in [0, 0.05) is 12.1 Å². The number of carboxylic acids is 1. The van der Waals surface area contributed by atoms with Gasteiger partial charge in [-0.25, -0.2) is 4.79 Å². The average Bonchev–Trinajstić information content (AvgIpc) is 2.93. The Morgan fingerprint density at radius 2 is 1.70 bits per heavy atom. The zero-order valence-electron chi connectivity index (χ0n) is 21.3. The van der Waals surface area contributed by atoms with Crippen LogP contribution in [-0.2, 0) is 11.2 Å². The molecule has 6 heteroatoms. The summed E-state index contributed by atoms with van der Waals surface area (Å²) in [6.07, 6.45) is 5.20. The summed E-state index contributed by atoms with van der Waals surface area (Å²) < 4.78 is 5.95. The van der Waals surface area contributed by atoms with Crippen molar-refractivity contribution in [2.75, 3.05) is 23.4 Å². The number of hydrogen-bond acceptors (Lipinski definition) is 3. The zero-order valence-corrected chi connectivity index (χ0v) is 21.3. The third-order valence-corrected chi connectivity index (χ3v) is 7.73. The van der Waals surface area contributed by atoms with Crippen molar-refractivity contribution in [1.82, 2.24) is 0 Å². The van der Waals surface area contributed by atoms with Crippen LogP contribution < -0.4 is 15.0 Å². The zero-order chi connectivity index (χ0) is 25.8. The number of anilines is 2. The average molecular weight is 499 g/mol. The molecule has 0 spiro atoms. The summed E-state index contributed by atoms with van der Waals surface area (Å²) in [5, 5.41) is 12.1. The van der Waals surface area contributed by atoms with Gasteiger partial charge in [-0.2, -0.15) is 0 Å². The fourth-order valence-electron chi connectivity index (χ4n) is 5.64. The minimum absolute atomic E-state index is 0.152.